The Bertz CT molecular complexity index is 549. The van der Waals surface area contributed by atoms with Gasteiger partial charge in [0.1, 0.15) is 6.04 Å². The molecule has 3 rings (SSSR count). The van der Waals surface area contributed by atoms with Gasteiger partial charge in [0, 0.05) is 13.5 Å². The van der Waals surface area contributed by atoms with E-state index in [9.17, 15) is 4.79 Å². The lowest BCUT2D eigenvalue weighted by Crippen LogP contribution is -2.28. The summed E-state index contributed by atoms with van der Waals surface area (Å²) in [4.78, 5) is 18.7. The predicted molar refractivity (Wildman–Crippen MR) is 67.0 cm³/mol. The minimum atomic E-state index is -0.0521. The predicted octanol–water partition coefficient (Wildman–Crippen LogP) is 2.48. The standard InChI is InChI=1S/C12H13N3O2S/c1-8(16)15-6-2-4-9(15)12-13-11(14-17-12)10-5-3-7-18-10/h3,5,7,9H,2,4,6H2,1H3/t9-/m1/s1. The van der Waals surface area contributed by atoms with Gasteiger partial charge >= 0.3 is 0 Å². The number of likely N-dealkylation sites (tertiary alicyclic amines) is 1. The van der Waals surface area contributed by atoms with Crippen LogP contribution >= 0.6 is 11.3 Å². The summed E-state index contributed by atoms with van der Waals surface area (Å²) < 4.78 is 5.30. The molecule has 18 heavy (non-hydrogen) atoms. The Kier molecular flexibility index (Phi) is 2.87. The molecule has 0 saturated carbocycles. The number of hydrogen-bond acceptors (Lipinski definition) is 5. The SMILES string of the molecule is CC(=O)N1CCC[C@@H]1c1nc(-c2cccs2)no1. The molecule has 0 N–H and O–H groups in total. The van der Waals surface area contributed by atoms with E-state index in [-0.39, 0.29) is 11.9 Å². The van der Waals surface area contributed by atoms with Gasteiger partial charge in [0.2, 0.25) is 17.6 Å². The van der Waals surface area contributed by atoms with Crippen molar-refractivity contribution in [2.75, 3.05) is 6.54 Å². The summed E-state index contributed by atoms with van der Waals surface area (Å²) in [6.07, 6.45) is 1.88. The van der Waals surface area contributed by atoms with Gasteiger partial charge in [-0.05, 0) is 24.3 Å². The fraction of sp³-hybridized carbons (Fsp3) is 0.417. The van der Waals surface area contributed by atoms with Crippen molar-refractivity contribution in [3.63, 3.8) is 0 Å². The highest BCUT2D eigenvalue weighted by Crippen LogP contribution is 2.32. The van der Waals surface area contributed by atoms with Gasteiger partial charge in [-0.25, -0.2) is 0 Å². The molecule has 2 aromatic rings. The summed E-state index contributed by atoms with van der Waals surface area (Å²) >= 11 is 1.57. The third-order valence-electron chi connectivity index (χ3n) is 3.13. The van der Waals surface area contributed by atoms with Crippen molar-refractivity contribution in [3.05, 3.63) is 23.4 Å². The van der Waals surface area contributed by atoms with Crippen LogP contribution in [0.25, 0.3) is 10.7 Å². The zero-order valence-electron chi connectivity index (χ0n) is 10.00. The van der Waals surface area contributed by atoms with Crippen molar-refractivity contribution in [3.8, 4) is 10.7 Å². The van der Waals surface area contributed by atoms with E-state index in [1.165, 1.54) is 0 Å². The van der Waals surface area contributed by atoms with E-state index in [0.29, 0.717) is 11.7 Å². The molecule has 1 aliphatic rings. The minimum Gasteiger partial charge on any atom is -0.337 e. The Labute approximate surface area is 108 Å². The highest BCUT2D eigenvalue weighted by Gasteiger charge is 2.32. The first-order valence-electron chi connectivity index (χ1n) is 5.90. The van der Waals surface area contributed by atoms with Crippen LogP contribution in [0.2, 0.25) is 0 Å². The molecule has 1 amide bonds. The first-order chi connectivity index (χ1) is 8.75. The Morgan fingerprint density at radius 1 is 1.61 bits per heavy atom. The zero-order chi connectivity index (χ0) is 12.5. The Balaban J connectivity index is 1.87. The molecule has 3 heterocycles. The van der Waals surface area contributed by atoms with Gasteiger partial charge in [-0.3, -0.25) is 4.79 Å². The number of carbonyl (C=O) groups is 1. The maximum Gasteiger partial charge on any atom is 0.249 e. The molecule has 0 unspecified atom stereocenters. The monoisotopic (exact) mass is 263 g/mol. The van der Waals surface area contributed by atoms with Crippen molar-refractivity contribution in [1.29, 1.82) is 0 Å². The first kappa shape index (κ1) is 11.4. The van der Waals surface area contributed by atoms with Crippen molar-refractivity contribution in [2.24, 2.45) is 0 Å². The zero-order valence-corrected chi connectivity index (χ0v) is 10.8. The van der Waals surface area contributed by atoms with Gasteiger partial charge in [-0.15, -0.1) is 11.3 Å². The molecule has 0 bridgehead atoms. The molecule has 1 saturated heterocycles. The van der Waals surface area contributed by atoms with Crippen LogP contribution in [-0.4, -0.2) is 27.5 Å². The van der Waals surface area contributed by atoms with E-state index >= 15 is 0 Å². The molecule has 1 atom stereocenters. The van der Waals surface area contributed by atoms with Gasteiger partial charge in [0.25, 0.3) is 0 Å². The lowest BCUT2D eigenvalue weighted by Gasteiger charge is -2.19. The van der Waals surface area contributed by atoms with Crippen LogP contribution < -0.4 is 0 Å². The molecule has 2 aromatic heterocycles. The number of nitrogens with zero attached hydrogens (tertiary/aromatic N) is 3. The lowest BCUT2D eigenvalue weighted by molar-refractivity contribution is -0.130. The lowest BCUT2D eigenvalue weighted by atomic mass is 10.2. The van der Waals surface area contributed by atoms with Crippen LogP contribution in [0.3, 0.4) is 0 Å². The molecule has 0 radical (unpaired) electrons. The third kappa shape index (κ3) is 1.92. The molecule has 1 aliphatic heterocycles. The Morgan fingerprint density at radius 2 is 2.50 bits per heavy atom. The maximum absolute atomic E-state index is 11.5. The van der Waals surface area contributed by atoms with Gasteiger partial charge < -0.3 is 9.42 Å². The van der Waals surface area contributed by atoms with Crippen LogP contribution in [-0.2, 0) is 4.79 Å². The minimum absolute atomic E-state index is 0.0521. The Morgan fingerprint density at radius 3 is 3.22 bits per heavy atom. The summed E-state index contributed by atoms with van der Waals surface area (Å²) in [6, 6.07) is 3.85. The summed E-state index contributed by atoms with van der Waals surface area (Å²) in [6.45, 7) is 2.35. The second-order valence-electron chi connectivity index (χ2n) is 4.30. The van der Waals surface area contributed by atoms with Crippen molar-refractivity contribution in [2.45, 2.75) is 25.8 Å². The fourth-order valence-electron chi connectivity index (χ4n) is 2.28. The summed E-state index contributed by atoms with van der Waals surface area (Å²) in [7, 11) is 0. The van der Waals surface area contributed by atoms with Gasteiger partial charge in [0.15, 0.2) is 0 Å². The maximum atomic E-state index is 11.5. The summed E-state index contributed by atoms with van der Waals surface area (Å²) in [5.41, 5.74) is 0. The number of carbonyl (C=O) groups excluding carboxylic acids is 1. The number of amides is 1. The number of hydrogen-bond donors (Lipinski definition) is 0. The van der Waals surface area contributed by atoms with Crippen LogP contribution in [0.1, 0.15) is 31.7 Å². The second-order valence-corrected chi connectivity index (χ2v) is 5.25. The van der Waals surface area contributed by atoms with Crippen molar-refractivity contribution >= 4 is 17.2 Å². The van der Waals surface area contributed by atoms with Crippen molar-refractivity contribution < 1.29 is 9.32 Å². The van der Waals surface area contributed by atoms with E-state index in [2.05, 4.69) is 10.1 Å². The fourth-order valence-corrected chi connectivity index (χ4v) is 2.93. The van der Waals surface area contributed by atoms with Crippen LogP contribution in [0.4, 0.5) is 0 Å². The van der Waals surface area contributed by atoms with Gasteiger partial charge in [-0.2, -0.15) is 4.98 Å². The van der Waals surface area contributed by atoms with E-state index in [1.54, 1.807) is 23.2 Å². The number of thiophene rings is 1. The summed E-state index contributed by atoms with van der Waals surface area (Å²) in [5.74, 6) is 1.22. The smallest absolute Gasteiger partial charge is 0.249 e. The highest BCUT2D eigenvalue weighted by atomic mass is 32.1. The van der Waals surface area contributed by atoms with E-state index in [0.717, 1.165) is 24.3 Å². The number of aromatic nitrogens is 2. The number of rotatable bonds is 2. The molecule has 1 fully saturated rings. The molecule has 0 aromatic carbocycles. The first-order valence-corrected chi connectivity index (χ1v) is 6.78. The van der Waals surface area contributed by atoms with E-state index in [4.69, 9.17) is 4.52 Å². The van der Waals surface area contributed by atoms with Crippen LogP contribution in [0.5, 0.6) is 0 Å². The average molecular weight is 263 g/mol. The molecular weight excluding hydrogens is 250 g/mol. The van der Waals surface area contributed by atoms with Crippen LogP contribution in [0.15, 0.2) is 22.0 Å². The summed E-state index contributed by atoms with van der Waals surface area (Å²) in [5, 5.41) is 5.96. The molecule has 0 spiro atoms. The average Bonchev–Trinajstić information content (AvgIpc) is 3.10. The highest BCUT2D eigenvalue weighted by molar-refractivity contribution is 7.13. The van der Waals surface area contributed by atoms with E-state index in [1.807, 2.05) is 17.5 Å². The van der Waals surface area contributed by atoms with Crippen LogP contribution in [0, 0.1) is 0 Å². The molecule has 94 valence electrons. The third-order valence-corrected chi connectivity index (χ3v) is 3.99. The molecular formula is C12H13N3O2S. The van der Waals surface area contributed by atoms with Gasteiger partial charge in [0.05, 0.1) is 4.88 Å². The largest absolute Gasteiger partial charge is 0.337 e. The molecule has 0 aliphatic carbocycles. The van der Waals surface area contributed by atoms with Gasteiger partial charge in [-0.1, -0.05) is 11.2 Å². The van der Waals surface area contributed by atoms with E-state index < -0.39 is 0 Å². The normalized spacial score (nSPS) is 19.4. The Hall–Kier alpha value is -1.69. The molecule has 5 nitrogen and oxygen atoms in total. The second kappa shape index (κ2) is 4.53. The van der Waals surface area contributed by atoms with Crippen molar-refractivity contribution in [1.82, 2.24) is 15.0 Å². The topological polar surface area (TPSA) is 59.2 Å². The molecule has 6 heteroatoms. The quantitative estimate of drug-likeness (QED) is 0.835.